The molecule has 1 saturated heterocycles. The number of rotatable bonds is 3. The number of aliphatic hydroxyl groups excluding tert-OH is 1. The topological polar surface area (TPSA) is 87.3 Å². The monoisotopic (exact) mass is 265 g/mol. The number of hydrogen-bond donors (Lipinski definition) is 3. The van der Waals surface area contributed by atoms with Gasteiger partial charge < -0.3 is 10.0 Å². The van der Waals surface area contributed by atoms with Crippen LogP contribution in [0, 0.1) is 0 Å². The molecule has 1 unspecified atom stereocenters. The minimum Gasteiger partial charge on any atom is -0.394 e. The van der Waals surface area contributed by atoms with Crippen LogP contribution in [-0.2, 0) is 0 Å². The Hall–Kier alpha value is -1.44. The summed E-state index contributed by atoms with van der Waals surface area (Å²) < 4.78 is 0. The molecule has 3 rings (SSSR count). The normalized spacial score (nSPS) is 19.7. The Morgan fingerprint density at radius 3 is 3.22 bits per heavy atom. The van der Waals surface area contributed by atoms with Crippen molar-refractivity contribution in [3.63, 3.8) is 0 Å². The van der Waals surface area contributed by atoms with Crippen molar-refractivity contribution < 1.29 is 5.11 Å². The summed E-state index contributed by atoms with van der Waals surface area (Å²) in [6.45, 7) is 1.07. The molecular weight excluding hydrogens is 250 g/mol. The SMILES string of the molecule is NNc1nc(N2CCCC2CO)c2ccsc2n1. The van der Waals surface area contributed by atoms with E-state index in [1.807, 2.05) is 11.4 Å². The first-order valence-electron chi connectivity index (χ1n) is 5.93. The van der Waals surface area contributed by atoms with Gasteiger partial charge in [-0.05, 0) is 24.3 Å². The Kier molecular flexibility index (Phi) is 3.02. The number of nitrogens with two attached hydrogens (primary N) is 1. The Morgan fingerprint density at radius 1 is 1.56 bits per heavy atom. The summed E-state index contributed by atoms with van der Waals surface area (Å²) in [6, 6.07) is 2.16. The minimum atomic E-state index is 0.147. The second kappa shape index (κ2) is 4.68. The number of aliphatic hydroxyl groups is 1. The lowest BCUT2D eigenvalue weighted by Crippen LogP contribution is -2.33. The molecule has 4 N–H and O–H groups in total. The summed E-state index contributed by atoms with van der Waals surface area (Å²) in [4.78, 5) is 11.8. The minimum absolute atomic E-state index is 0.147. The van der Waals surface area contributed by atoms with E-state index in [0.717, 1.165) is 35.4 Å². The Bertz CT molecular complexity index is 557. The van der Waals surface area contributed by atoms with Crippen molar-refractivity contribution in [1.29, 1.82) is 0 Å². The lowest BCUT2D eigenvalue weighted by molar-refractivity contribution is 0.266. The van der Waals surface area contributed by atoms with Crippen molar-refractivity contribution in [2.75, 3.05) is 23.5 Å². The third-order valence-corrected chi connectivity index (χ3v) is 4.10. The lowest BCUT2D eigenvalue weighted by atomic mass is 10.2. The van der Waals surface area contributed by atoms with Gasteiger partial charge in [-0.3, -0.25) is 5.43 Å². The molecule has 3 heterocycles. The molecule has 1 aliphatic heterocycles. The van der Waals surface area contributed by atoms with E-state index in [2.05, 4.69) is 20.3 Å². The van der Waals surface area contributed by atoms with Crippen molar-refractivity contribution in [2.45, 2.75) is 18.9 Å². The highest BCUT2D eigenvalue weighted by Crippen LogP contribution is 2.32. The largest absolute Gasteiger partial charge is 0.394 e. The number of nitrogens with zero attached hydrogens (tertiary/aromatic N) is 3. The Morgan fingerprint density at radius 2 is 2.44 bits per heavy atom. The average molecular weight is 265 g/mol. The van der Waals surface area contributed by atoms with Crippen LogP contribution in [0.3, 0.4) is 0 Å². The van der Waals surface area contributed by atoms with Crippen LogP contribution in [0.4, 0.5) is 11.8 Å². The molecule has 0 aliphatic carbocycles. The number of hydrogen-bond acceptors (Lipinski definition) is 7. The van der Waals surface area contributed by atoms with Gasteiger partial charge in [0.15, 0.2) is 0 Å². The second-order valence-electron chi connectivity index (χ2n) is 4.33. The first kappa shape index (κ1) is 11.6. The molecule has 0 amide bonds. The van der Waals surface area contributed by atoms with Gasteiger partial charge in [0.2, 0.25) is 5.95 Å². The van der Waals surface area contributed by atoms with Crippen LogP contribution in [0.2, 0.25) is 0 Å². The zero-order chi connectivity index (χ0) is 12.5. The van der Waals surface area contributed by atoms with E-state index in [1.165, 1.54) is 0 Å². The molecule has 2 aromatic rings. The third kappa shape index (κ3) is 1.80. The number of anilines is 2. The molecule has 0 spiro atoms. The fraction of sp³-hybridized carbons (Fsp3) is 0.455. The highest BCUT2D eigenvalue weighted by Gasteiger charge is 2.27. The van der Waals surface area contributed by atoms with E-state index in [9.17, 15) is 5.11 Å². The van der Waals surface area contributed by atoms with Gasteiger partial charge in [0.25, 0.3) is 0 Å². The molecule has 0 saturated carbocycles. The van der Waals surface area contributed by atoms with Gasteiger partial charge in [-0.25, -0.2) is 10.8 Å². The second-order valence-corrected chi connectivity index (χ2v) is 5.22. The molecule has 0 radical (unpaired) electrons. The lowest BCUT2D eigenvalue weighted by Gasteiger charge is -2.24. The van der Waals surface area contributed by atoms with Crippen LogP contribution in [0.1, 0.15) is 12.8 Å². The van der Waals surface area contributed by atoms with Gasteiger partial charge >= 0.3 is 0 Å². The van der Waals surface area contributed by atoms with Crippen molar-refractivity contribution in [3.8, 4) is 0 Å². The number of nitrogen functional groups attached to an aromatic ring is 1. The zero-order valence-corrected chi connectivity index (χ0v) is 10.7. The summed E-state index contributed by atoms with van der Waals surface area (Å²) in [7, 11) is 0. The average Bonchev–Trinajstić information content (AvgIpc) is 3.05. The maximum atomic E-state index is 9.42. The highest BCUT2D eigenvalue weighted by molar-refractivity contribution is 7.16. The van der Waals surface area contributed by atoms with Crippen molar-refractivity contribution in [1.82, 2.24) is 9.97 Å². The molecule has 0 bridgehead atoms. The fourth-order valence-corrected chi connectivity index (χ4v) is 3.19. The van der Waals surface area contributed by atoms with Gasteiger partial charge in [0.1, 0.15) is 10.6 Å². The molecule has 2 aromatic heterocycles. The van der Waals surface area contributed by atoms with E-state index in [4.69, 9.17) is 5.84 Å². The smallest absolute Gasteiger partial charge is 0.240 e. The van der Waals surface area contributed by atoms with Crippen LogP contribution in [0.25, 0.3) is 10.2 Å². The third-order valence-electron chi connectivity index (χ3n) is 3.29. The summed E-state index contributed by atoms with van der Waals surface area (Å²) in [5, 5.41) is 12.4. The van der Waals surface area contributed by atoms with Gasteiger partial charge in [0.05, 0.1) is 18.0 Å². The van der Waals surface area contributed by atoms with E-state index in [-0.39, 0.29) is 12.6 Å². The molecule has 1 atom stereocenters. The van der Waals surface area contributed by atoms with Crippen LogP contribution in [0.5, 0.6) is 0 Å². The zero-order valence-electron chi connectivity index (χ0n) is 9.83. The van der Waals surface area contributed by atoms with Gasteiger partial charge in [0, 0.05) is 6.54 Å². The first-order valence-corrected chi connectivity index (χ1v) is 6.81. The highest BCUT2D eigenvalue weighted by atomic mass is 32.1. The molecule has 6 nitrogen and oxygen atoms in total. The predicted octanol–water partition coefficient (Wildman–Crippen LogP) is 0.938. The molecule has 1 aliphatic rings. The maximum Gasteiger partial charge on any atom is 0.240 e. The predicted molar refractivity (Wildman–Crippen MR) is 72.7 cm³/mol. The quantitative estimate of drug-likeness (QED) is 0.565. The molecule has 18 heavy (non-hydrogen) atoms. The number of nitrogens with one attached hydrogen (secondary N) is 1. The van der Waals surface area contributed by atoms with Crippen molar-refractivity contribution in [2.24, 2.45) is 5.84 Å². The Labute approximate surface area is 108 Å². The van der Waals surface area contributed by atoms with E-state index in [0.29, 0.717) is 5.95 Å². The fourth-order valence-electron chi connectivity index (χ4n) is 2.43. The molecule has 0 aromatic carbocycles. The van der Waals surface area contributed by atoms with Gasteiger partial charge in [-0.2, -0.15) is 4.98 Å². The van der Waals surface area contributed by atoms with Crippen LogP contribution in [-0.4, -0.2) is 34.3 Å². The van der Waals surface area contributed by atoms with Crippen molar-refractivity contribution in [3.05, 3.63) is 11.4 Å². The molecule has 96 valence electrons. The summed E-state index contributed by atoms with van der Waals surface area (Å²) in [6.07, 6.45) is 2.07. The number of fused-ring (bicyclic) bond motifs is 1. The molecular formula is C11H15N5OS. The van der Waals surface area contributed by atoms with Crippen LogP contribution in [0.15, 0.2) is 11.4 Å². The van der Waals surface area contributed by atoms with Gasteiger partial charge in [-0.15, -0.1) is 11.3 Å². The Balaban J connectivity index is 2.11. The van der Waals surface area contributed by atoms with E-state index >= 15 is 0 Å². The number of aromatic nitrogens is 2. The summed E-state index contributed by atoms with van der Waals surface area (Å²) in [5.41, 5.74) is 2.50. The van der Waals surface area contributed by atoms with E-state index in [1.54, 1.807) is 11.3 Å². The molecule has 1 fully saturated rings. The van der Waals surface area contributed by atoms with Crippen LogP contribution >= 0.6 is 11.3 Å². The van der Waals surface area contributed by atoms with Gasteiger partial charge in [-0.1, -0.05) is 0 Å². The summed E-state index contributed by atoms with van der Waals surface area (Å²) >= 11 is 1.56. The number of thiophene rings is 1. The van der Waals surface area contributed by atoms with E-state index < -0.39 is 0 Å². The van der Waals surface area contributed by atoms with Crippen LogP contribution < -0.4 is 16.2 Å². The number of hydrazine groups is 1. The molecule has 7 heteroatoms. The maximum absolute atomic E-state index is 9.42. The standard InChI is InChI=1S/C11H15N5OS/c12-15-11-13-9(8-3-5-18-10(8)14-11)16-4-1-2-7(16)6-17/h3,5,7,17H,1-2,4,6,12H2,(H,13,14,15). The van der Waals surface area contributed by atoms with Crippen molar-refractivity contribution >= 4 is 33.3 Å². The first-order chi connectivity index (χ1) is 8.83. The summed E-state index contributed by atoms with van der Waals surface area (Å²) in [5.74, 6) is 6.69.